The molecular formula is C39H35F2N9O5. The molecule has 1 unspecified atom stereocenters. The number of anilines is 2. The SMILES string of the molecule is Nc1ncnc2c1c(-c1ccc(Oc3ccccc3)cc1)nn2C1CN(CC2(F)CCN(c3cc4c(cc3F)C(=O)N(C3CCC(=O)NC3=O)C4=O)CC2)C1. The normalized spacial score (nSPS) is 20.1. The van der Waals surface area contributed by atoms with Gasteiger partial charge in [0.2, 0.25) is 11.8 Å². The number of hydrogen-bond acceptors (Lipinski definition) is 11. The summed E-state index contributed by atoms with van der Waals surface area (Å²) < 4.78 is 39.6. The number of nitrogens with zero attached hydrogens (tertiary/aromatic N) is 7. The molecule has 5 aromatic rings. The largest absolute Gasteiger partial charge is 0.457 e. The lowest BCUT2D eigenvalue weighted by Crippen LogP contribution is -2.55. The van der Waals surface area contributed by atoms with Gasteiger partial charge >= 0.3 is 0 Å². The summed E-state index contributed by atoms with van der Waals surface area (Å²) in [5, 5.41) is 7.72. The van der Waals surface area contributed by atoms with E-state index in [4.69, 9.17) is 15.6 Å². The summed E-state index contributed by atoms with van der Waals surface area (Å²) >= 11 is 0. The van der Waals surface area contributed by atoms with Crippen molar-refractivity contribution in [3.8, 4) is 22.8 Å². The number of likely N-dealkylation sites (tertiary alicyclic amines) is 1. The second-order valence-electron chi connectivity index (χ2n) is 14.5. The lowest BCUT2D eigenvalue weighted by molar-refractivity contribution is -0.136. The van der Waals surface area contributed by atoms with Gasteiger partial charge in [-0.25, -0.2) is 23.4 Å². The Morgan fingerprint density at radius 3 is 2.31 bits per heavy atom. The number of alkyl halides is 1. The molecule has 3 fully saturated rings. The molecule has 1 atom stereocenters. The van der Waals surface area contributed by atoms with Gasteiger partial charge in [0.15, 0.2) is 5.65 Å². The number of nitrogens with one attached hydrogen (secondary N) is 1. The van der Waals surface area contributed by atoms with Gasteiger partial charge < -0.3 is 15.4 Å². The van der Waals surface area contributed by atoms with Crippen LogP contribution in [0.1, 0.15) is 52.4 Å². The fourth-order valence-electron chi connectivity index (χ4n) is 8.01. The lowest BCUT2D eigenvalue weighted by Gasteiger charge is -2.45. The molecule has 16 heteroatoms. The number of amides is 4. The monoisotopic (exact) mass is 747 g/mol. The summed E-state index contributed by atoms with van der Waals surface area (Å²) in [4.78, 5) is 63.7. The molecule has 14 nitrogen and oxygen atoms in total. The standard InChI is InChI=1S/C39H35F2N9O5/c40-28-16-26-27(38(54)49(37(26)53)29-10-11-31(51)45-36(29)52)17-30(28)48-14-12-39(41,13-15-48)20-47-18-23(19-47)50-35-32(34(42)43-21-44-35)33(46-50)22-6-8-25(9-7-22)55-24-4-2-1-3-5-24/h1-9,16-17,21,23,29H,10-15,18-20H2,(H2,42,43,44)(H,45,51,52). The van der Waals surface area contributed by atoms with Crippen LogP contribution in [-0.4, -0.2) is 97.6 Å². The van der Waals surface area contributed by atoms with Gasteiger partial charge in [0.1, 0.15) is 46.9 Å². The number of piperidine rings is 2. The maximum Gasteiger partial charge on any atom is 0.262 e. The molecule has 3 saturated heterocycles. The summed E-state index contributed by atoms with van der Waals surface area (Å²) in [5.41, 5.74) is 6.79. The van der Waals surface area contributed by atoms with E-state index in [1.54, 1.807) is 4.90 Å². The smallest absolute Gasteiger partial charge is 0.262 e. The quantitative estimate of drug-likeness (QED) is 0.218. The molecule has 0 radical (unpaired) electrons. The zero-order chi connectivity index (χ0) is 38.0. The van der Waals surface area contributed by atoms with Gasteiger partial charge in [0.05, 0.1) is 28.2 Å². The second kappa shape index (κ2) is 13.2. The van der Waals surface area contributed by atoms with E-state index in [0.29, 0.717) is 41.4 Å². The number of ether oxygens (including phenoxy) is 1. The van der Waals surface area contributed by atoms with Gasteiger partial charge in [-0.05, 0) is 55.0 Å². The highest BCUT2D eigenvalue weighted by molar-refractivity contribution is 6.23. The summed E-state index contributed by atoms with van der Waals surface area (Å²) in [6, 6.07) is 18.1. The van der Waals surface area contributed by atoms with E-state index in [1.165, 1.54) is 12.4 Å². The Morgan fingerprint density at radius 2 is 1.60 bits per heavy atom. The van der Waals surface area contributed by atoms with Gasteiger partial charge in [0.25, 0.3) is 11.8 Å². The Kier molecular flexibility index (Phi) is 8.29. The molecule has 4 amide bonds. The molecule has 3 N–H and O–H groups in total. The van der Waals surface area contributed by atoms with E-state index in [1.807, 2.05) is 64.2 Å². The van der Waals surface area contributed by atoms with E-state index < -0.39 is 41.2 Å². The molecule has 55 heavy (non-hydrogen) atoms. The van der Waals surface area contributed by atoms with Crippen molar-refractivity contribution in [1.29, 1.82) is 0 Å². The Bertz CT molecular complexity index is 2370. The van der Waals surface area contributed by atoms with Gasteiger partial charge in [-0.15, -0.1) is 0 Å². The van der Waals surface area contributed by atoms with Crippen LogP contribution in [-0.2, 0) is 9.59 Å². The number of hydrogen-bond donors (Lipinski definition) is 2. The zero-order valence-electron chi connectivity index (χ0n) is 29.5. The number of aromatic nitrogens is 4. The van der Waals surface area contributed by atoms with Gasteiger partial charge in [0, 0.05) is 57.5 Å². The average Bonchev–Trinajstić information content (AvgIpc) is 3.65. The van der Waals surface area contributed by atoms with E-state index in [-0.39, 0.29) is 68.2 Å². The van der Waals surface area contributed by atoms with Crippen LogP contribution in [0.5, 0.6) is 11.5 Å². The van der Waals surface area contributed by atoms with Crippen LogP contribution < -0.4 is 20.7 Å². The molecular weight excluding hydrogens is 712 g/mol. The molecule has 6 heterocycles. The molecule has 3 aromatic carbocycles. The first-order valence-corrected chi connectivity index (χ1v) is 18.1. The first kappa shape index (κ1) is 34.5. The van der Waals surface area contributed by atoms with Crippen molar-refractivity contribution in [2.24, 2.45) is 0 Å². The first-order valence-electron chi connectivity index (χ1n) is 18.1. The minimum Gasteiger partial charge on any atom is -0.457 e. The van der Waals surface area contributed by atoms with Crippen molar-refractivity contribution in [2.75, 3.05) is 43.4 Å². The number of fused-ring (bicyclic) bond motifs is 2. The zero-order valence-corrected chi connectivity index (χ0v) is 29.5. The summed E-state index contributed by atoms with van der Waals surface area (Å²) in [6.45, 7) is 1.66. The van der Waals surface area contributed by atoms with E-state index >= 15 is 8.78 Å². The van der Waals surface area contributed by atoms with Crippen molar-refractivity contribution >= 4 is 46.2 Å². The maximum atomic E-state index is 16.3. The van der Waals surface area contributed by atoms with Crippen LogP contribution in [0.2, 0.25) is 0 Å². The third-order valence-electron chi connectivity index (χ3n) is 10.9. The summed E-state index contributed by atoms with van der Waals surface area (Å²) in [5.74, 6) is -1.74. The van der Waals surface area contributed by atoms with Crippen molar-refractivity contribution < 1.29 is 32.7 Å². The van der Waals surface area contributed by atoms with Crippen LogP contribution in [0, 0.1) is 5.82 Å². The second-order valence-corrected chi connectivity index (χ2v) is 14.5. The first-order chi connectivity index (χ1) is 26.5. The molecule has 0 bridgehead atoms. The van der Waals surface area contributed by atoms with Crippen molar-refractivity contribution in [1.82, 2.24) is 34.9 Å². The molecule has 2 aromatic heterocycles. The number of nitrogen functional groups attached to an aromatic ring is 1. The summed E-state index contributed by atoms with van der Waals surface area (Å²) in [7, 11) is 0. The van der Waals surface area contributed by atoms with Crippen LogP contribution in [0.25, 0.3) is 22.3 Å². The number of benzene rings is 3. The third kappa shape index (κ3) is 6.11. The maximum absolute atomic E-state index is 16.3. The predicted molar refractivity (Wildman–Crippen MR) is 196 cm³/mol. The van der Waals surface area contributed by atoms with Crippen LogP contribution >= 0.6 is 0 Å². The van der Waals surface area contributed by atoms with Crippen LogP contribution in [0.15, 0.2) is 73.1 Å². The van der Waals surface area contributed by atoms with Crippen molar-refractivity contribution in [3.05, 3.63) is 90.0 Å². The molecule has 4 aliphatic heterocycles. The number of imide groups is 2. The lowest BCUT2D eigenvalue weighted by atomic mass is 9.90. The highest BCUT2D eigenvalue weighted by Gasteiger charge is 2.46. The average molecular weight is 748 g/mol. The Hall–Kier alpha value is -6.29. The Balaban J connectivity index is 0.848. The number of rotatable bonds is 8. The fraction of sp³-hybridized carbons (Fsp3) is 0.308. The number of para-hydroxylation sites is 1. The minimum absolute atomic E-state index is 0.00297. The van der Waals surface area contributed by atoms with E-state index in [9.17, 15) is 19.2 Å². The third-order valence-corrected chi connectivity index (χ3v) is 10.9. The molecule has 0 spiro atoms. The van der Waals surface area contributed by atoms with Crippen LogP contribution in [0.4, 0.5) is 20.3 Å². The van der Waals surface area contributed by atoms with Gasteiger partial charge in [-0.3, -0.25) is 34.3 Å². The minimum atomic E-state index is -1.53. The molecule has 280 valence electrons. The number of carbonyl (C=O) groups is 4. The highest BCUT2D eigenvalue weighted by Crippen LogP contribution is 2.39. The molecule has 0 aliphatic carbocycles. The highest BCUT2D eigenvalue weighted by atomic mass is 19.1. The van der Waals surface area contributed by atoms with Gasteiger partial charge in [-0.1, -0.05) is 18.2 Å². The van der Waals surface area contributed by atoms with Crippen LogP contribution in [0.3, 0.4) is 0 Å². The Labute approximate surface area is 312 Å². The molecule has 9 rings (SSSR count). The number of nitrogens with two attached hydrogens (primary N) is 1. The van der Waals surface area contributed by atoms with Gasteiger partial charge in [-0.2, -0.15) is 5.10 Å². The number of halogens is 2. The number of carbonyl (C=O) groups excluding carboxylic acids is 4. The predicted octanol–water partition coefficient (Wildman–Crippen LogP) is 4.27. The summed E-state index contributed by atoms with van der Waals surface area (Å²) in [6.07, 6.45) is 1.64. The Morgan fingerprint density at radius 1 is 0.909 bits per heavy atom. The van der Waals surface area contributed by atoms with E-state index in [0.717, 1.165) is 22.3 Å². The molecule has 4 aliphatic rings. The topological polar surface area (TPSA) is 169 Å². The van der Waals surface area contributed by atoms with Crippen molar-refractivity contribution in [2.45, 2.75) is 43.4 Å². The molecule has 0 saturated carbocycles. The van der Waals surface area contributed by atoms with E-state index in [2.05, 4.69) is 15.3 Å². The fourth-order valence-corrected chi connectivity index (χ4v) is 8.01. The van der Waals surface area contributed by atoms with Crippen molar-refractivity contribution in [3.63, 3.8) is 0 Å².